The molecule has 2 fully saturated rings. The van der Waals surface area contributed by atoms with E-state index in [9.17, 15) is 19.5 Å². The van der Waals surface area contributed by atoms with E-state index in [4.69, 9.17) is 16.7 Å². The van der Waals surface area contributed by atoms with Gasteiger partial charge in [0.1, 0.15) is 17.3 Å². The molecular formula is C42H33ClN6O5S. The first-order chi connectivity index (χ1) is 26.5. The largest absolute Gasteiger partial charge is 0.507 e. The molecule has 5 heterocycles. The first kappa shape index (κ1) is 33.6. The first-order valence-electron chi connectivity index (χ1n) is 18.0. The molecule has 11 nitrogen and oxygen atoms in total. The maximum atomic E-state index is 15.3. The van der Waals surface area contributed by atoms with Crippen LogP contribution in [0.25, 0.3) is 37.1 Å². The summed E-state index contributed by atoms with van der Waals surface area (Å²) in [6.07, 6.45) is 2.06. The molecule has 2 aliphatic heterocycles. The fraction of sp³-hybridized carbons (Fsp3) is 0.214. The number of hydrogen-bond donors (Lipinski definition) is 1. The lowest BCUT2D eigenvalue weighted by molar-refractivity contribution is -0.129. The van der Waals surface area contributed by atoms with Gasteiger partial charge in [-0.25, -0.2) is 28.4 Å². The number of anilines is 1. The van der Waals surface area contributed by atoms with Crippen molar-refractivity contribution in [2.75, 3.05) is 4.90 Å². The number of phenols is 1. The lowest BCUT2D eigenvalue weighted by atomic mass is 9.56. The van der Waals surface area contributed by atoms with Crippen molar-refractivity contribution in [3.63, 3.8) is 0 Å². The number of halogens is 1. The molecule has 0 spiro atoms. The third-order valence-corrected chi connectivity index (χ3v) is 13.5. The number of benzene rings is 4. The number of allylic oxidation sites excluding steroid dienone is 2. The molecule has 274 valence electrons. The molecule has 55 heavy (non-hydrogen) atoms. The molecule has 2 amide bonds. The van der Waals surface area contributed by atoms with Crippen LogP contribution < -0.4 is 16.3 Å². The summed E-state index contributed by atoms with van der Waals surface area (Å²) < 4.78 is 6.67. The summed E-state index contributed by atoms with van der Waals surface area (Å²) >= 11 is 7.90. The van der Waals surface area contributed by atoms with Crippen LogP contribution in [0.2, 0.25) is 5.02 Å². The van der Waals surface area contributed by atoms with Gasteiger partial charge in [0, 0.05) is 34.1 Å². The number of imide groups is 1. The minimum Gasteiger partial charge on any atom is -0.507 e. The van der Waals surface area contributed by atoms with Crippen molar-refractivity contribution >= 4 is 61.4 Å². The number of aromatic nitrogens is 5. The number of rotatable bonds is 4. The van der Waals surface area contributed by atoms with E-state index in [0.717, 1.165) is 41.6 Å². The SMILES string of the molecule is Cc1c(-c2cc(N3C(=O)C4CC5C(=CCn6c(=O)n(-c7ccccc7)c(=O)n65)C(c5ccc(O)c6ccccc56)C4(C)C3=O)n(C)n2)sc2ccc(Cl)cc12. The predicted molar refractivity (Wildman–Crippen MR) is 212 cm³/mol. The maximum Gasteiger partial charge on any atom is 0.352 e. The molecule has 4 unspecified atom stereocenters. The van der Waals surface area contributed by atoms with Gasteiger partial charge >= 0.3 is 11.4 Å². The monoisotopic (exact) mass is 768 g/mol. The van der Waals surface area contributed by atoms with Crippen LogP contribution in [0.5, 0.6) is 5.75 Å². The second-order valence-corrected chi connectivity index (χ2v) is 16.3. The molecule has 1 saturated carbocycles. The van der Waals surface area contributed by atoms with Gasteiger partial charge in [-0.05, 0) is 84.1 Å². The molecule has 0 bridgehead atoms. The Morgan fingerprint density at radius 3 is 2.42 bits per heavy atom. The van der Waals surface area contributed by atoms with E-state index < -0.39 is 40.6 Å². The van der Waals surface area contributed by atoms with Gasteiger partial charge in [0.2, 0.25) is 11.8 Å². The Bertz CT molecular complexity index is 2970. The number of hydrogen-bond acceptors (Lipinski definition) is 7. The molecule has 4 aromatic carbocycles. The van der Waals surface area contributed by atoms with Crippen LogP contribution in [0, 0.1) is 18.3 Å². The van der Waals surface area contributed by atoms with Gasteiger partial charge < -0.3 is 5.11 Å². The Morgan fingerprint density at radius 1 is 0.891 bits per heavy atom. The molecule has 13 heteroatoms. The highest BCUT2D eigenvalue weighted by Crippen LogP contribution is 2.62. The Morgan fingerprint density at radius 2 is 1.64 bits per heavy atom. The van der Waals surface area contributed by atoms with Crippen LogP contribution in [0.1, 0.15) is 36.4 Å². The number of nitrogens with zero attached hydrogens (tertiary/aromatic N) is 6. The number of para-hydroxylation sites is 1. The van der Waals surface area contributed by atoms with Gasteiger partial charge in [0.25, 0.3) is 0 Å². The molecule has 7 aromatic rings. The Balaban J connectivity index is 1.16. The van der Waals surface area contributed by atoms with Crippen molar-refractivity contribution in [2.45, 2.75) is 38.8 Å². The molecule has 1 N–H and O–H groups in total. The zero-order chi connectivity index (χ0) is 38.1. The molecule has 3 aliphatic rings. The van der Waals surface area contributed by atoms with Gasteiger partial charge in [-0.1, -0.05) is 66.2 Å². The molecule has 1 aliphatic carbocycles. The summed E-state index contributed by atoms with van der Waals surface area (Å²) in [5.41, 5.74) is 1.29. The van der Waals surface area contributed by atoms with Crippen molar-refractivity contribution < 1.29 is 14.7 Å². The van der Waals surface area contributed by atoms with Crippen molar-refractivity contribution in [1.82, 2.24) is 23.7 Å². The smallest absolute Gasteiger partial charge is 0.352 e. The highest BCUT2D eigenvalue weighted by Gasteiger charge is 2.66. The number of amides is 2. The summed E-state index contributed by atoms with van der Waals surface area (Å²) in [4.78, 5) is 60.7. The highest BCUT2D eigenvalue weighted by atomic mass is 35.5. The van der Waals surface area contributed by atoms with E-state index in [0.29, 0.717) is 27.6 Å². The third-order valence-electron chi connectivity index (χ3n) is 12.0. The molecule has 0 radical (unpaired) electrons. The van der Waals surface area contributed by atoms with E-state index in [1.165, 1.54) is 14.3 Å². The van der Waals surface area contributed by atoms with E-state index in [-0.39, 0.29) is 24.6 Å². The third kappa shape index (κ3) is 4.52. The van der Waals surface area contributed by atoms with E-state index in [1.807, 2.05) is 74.5 Å². The van der Waals surface area contributed by atoms with Crippen LogP contribution in [0.15, 0.2) is 112 Å². The summed E-state index contributed by atoms with van der Waals surface area (Å²) in [6.45, 7) is 3.96. The Hall–Kier alpha value is -5.98. The number of aryl methyl sites for hydroxylation is 2. The molecule has 3 aromatic heterocycles. The van der Waals surface area contributed by atoms with Crippen LogP contribution in [-0.2, 0) is 23.2 Å². The van der Waals surface area contributed by atoms with Crippen LogP contribution >= 0.6 is 22.9 Å². The average Bonchev–Trinajstić information content (AvgIpc) is 3.86. The number of thiophene rings is 1. The van der Waals surface area contributed by atoms with Crippen molar-refractivity contribution in [2.24, 2.45) is 18.4 Å². The molecular weight excluding hydrogens is 736 g/mol. The second kappa shape index (κ2) is 11.8. The second-order valence-electron chi connectivity index (χ2n) is 14.8. The normalized spacial score (nSPS) is 21.9. The average molecular weight is 769 g/mol. The first-order valence-corrected chi connectivity index (χ1v) is 19.2. The number of carbonyl (C=O) groups excluding carboxylic acids is 2. The number of phenolic OH excluding ortho intramolecular Hbond substituents is 1. The fourth-order valence-corrected chi connectivity index (χ4v) is 10.7. The van der Waals surface area contributed by atoms with Gasteiger partial charge in [0.05, 0.1) is 34.5 Å². The summed E-state index contributed by atoms with van der Waals surface area (Å²) in [5.74, 6) is -1.92. The number of aromatic hydroxyl groups is 1. The Kier molecular flexibility index (Phi) is 7.18. The Labute approximate surface area is 322 Å². The van der Waals surface area contributed by atoms with Crippen molar-refractivity contribution in [1.29, 1.82) is 0 Å². The van der Waals surface area contributed by atoms with Crippen molar-refractivity contribution in [3.05, 3.63) is 140 Å². The molecule has 1 saturated heterocycles. The number of fused-ring (bicyclic) bond motifs is 6. The fourth-order valence-electron chi connectivity index (χ4n) is 9.41. The van der Waals surface area contributed by atoms with E-state index in [1.54, 1.807) is 59.5 Å². The molecule has 10 rings (SSSR count). The topological polar surface area (TPSA) is 124 Å². The van der Waals surface area contributed by atoms with Gasteiger partial charge in [-0.15, -0.1) is 11.3 Å². The van der Waals surface area contributed by atoms with Crippen LogP contribution in [0.4, 0.5) is 5.82 Å². The quantitative estimate of drug-likeness (QED) is 0.151. The van der Waals surface area contributed by atoms with Gasteiger partial charge in [-0.2, -0.15) is 5.10 Å². The lowest BCUT2D eigenvalue weighted by Crippen LogP contribution is -2.49. The number of carbonyl (C=O) groups is 2. The highest BCUT2D eigenvalue weighted by molar-refractivity contribution is 7.22. The lowest BCUT2D eigenvalue weighted by Gasteiger charge is -2.47. The summed E-state index contributed by atoms with van der Waals surface area (Å²) in [7, 11) is 1.72. The van der Waals surface area contributed by atoms with Crippen LogP contribution in [0.3, 0.4) is 0 Å². The maximum absolute atomic E-state index is 15.3. The minimum atomic E-state index is -1.30. The summed E-state index contributed by atoms with van der Waals surface area (Å²) in [6, 6.07) is 26.5. The van der Waals surface area contributed by atoms with Crippen LogP contribution in [-0.4, -0.2) is 40.6 Å². The predicted octanol–water partition coefficient (Wildman–Crippen LogP) is 7.10. The summed E-state index contributed by atoms with van der Waals surface area (Å²) in [5, 5.41) is 18.7. The zero-order valence-corrected chi connectivity index (χ0v) is 31.5. The van der Waals surface area contributed by atoms with Gasteiger partial charge in [-0.3, -0.25) is 14.3 Å². The van der Waals surface area contributed by atoms with E-state index in [2.05, 4.69) is 0 Å². The van der Waals surface area contributed by atoms with Crippen molar-refractivity contribution in [3.8, 4) is 22.0 Å². The van der Waals surface area contributed by atoms with Gasteiger partial charge in [0.15, 0.2) is 0 Å². The standard InChI is InChI=1S/C42H33ClN6O5S/c1-22-29-19-23(43)13-16-34(29)55-37(22)31-21-35(45(3)44-31)48-38(51)30-20-32-28(17-18-46-40(53)47(41(54)49(32)46)24-9-5-4-6-10-24)36(42(30,2)39(48)52)27-14-15-33(50)26-12-8-7-11-25(26)27/h4-17,19,21,30,32,36,50H,18,20H2,1-3H3. The molecule has 4 atom stereocenters. The van der Waals surface area contributed by atoms with E-state index >= 15 is 4.79 Å². The minimum absolute atomic E-state index is 0.0905. The zero-order valence-electron chi connectivity index (χ0n) is 29.9.